The van der Waals surface area contributed by atoms with E-state index in [4.69, 9.17) is 9.84 Å². The Morgan fingerprint density at radius 1 is 1.33 bits per heavy atom. The van der Waals surface area contributed by atoms with E-state index in [2.05, 4.69) is 5.32 Å². The number of fused-ring (bicyclic) bond motifs is 1. The van der Waals surface area contributed by atoms with E-state index in [-0.39, 0.29) is 0 Å². The van der Waals surface area contributed by atoms with Gasteiger partial charge in [0.25, 0.3) is 0 Å². The fourth-order valence-corrected chi connectivity index (χ4v) is 1.95. The smallest absolute Gasteiger partial charge is 0.408 e. The van der Waals surface area contributed by atoms with Gasteiger partial charge in [0.05, 0.1) is 11.0 Å². The van der Waals surface area contributed by atoms with Crippen molar-refractivity contribution in [3.63, 3.8) is 0 Å². The van der Waals surface area contributed by atoms with Gasteiger partial charge in [-0.05, 0) is 33.6 Å². The van der Waals surface area contributed by atoms with Crippen LogP contribution < -0.4 is 5.32 Å². The second-order valence-electron chi connectivity index (χ2n) is 5.45. The van der Waals surface area contributed by atoms with Crippen LogP contribution in [0, 0.1) is 5.41 Å². The number of alkyl carbamates (subject to hydrolysis) is 1. The standard InChI is InChI=1S/C10H15NO4/c1-8(2,3)15-7(14)11-10-4-9(10,5-10)6(12)13/h4-5H2,1-3H3,(H,11,14)(H,12,13). The van der Waals surface area contributed by atoms with Gasteiger partial charge in [-0.1, -0.05) is 0 Å². The van der Waals surface area contributed by atoms with Crippen LogP contribution in [0.2, 0.25) is 0 Å². The van der Waals surface area contributed by atoms with Gasteiger partial charge < -0.3 is 15.2 Å². The summed E-state index contributed by atoms with van der Waals surface area (Å²) < 4.78 is 5.06. The number of ether oxygens (including phenoxy) is 1. The zero-order valence-corrected chi connectivity index (χ0v) is 9.09. The van der Waals surface area contributed by atoms with Gasteiger partial charge in [-0.2, -0.15) is 0 Å². The maximum atomic E-state index is 11.4. The third-order valence-corrected chi connectivity index (χ3v) is 3.02. The van der Waals surface area contributed by atoms with Gasteiger partial charge in [0.1, 0.15) is 5.60 Å². The molecule has 0 spiro atoms. The Hall–Kier alpha value is -1.26. The van der Waals surface area contributed by atoms with E-state index in [1.54, 1.807) is 20.8 Å². The van der Waals surface area contributed by atoms with E-state index in [0.29, 0.717) is 12.8 Å². The number of carboxylic acid groups (broad SMARTS) is 1. The second-order valence-corrected chi connectivity index (χ2v) is 5.45. The van der Waals surface area contributed by atoms with Crippen LogP contribution >= 0.6 is 0 Å². The van der Waals surface area contributed by atoms with Crippen LogP contribution in [0.25, 0.3) is 0 Å². The number of carboxylic acids is 1. The summed E-state index contributed by atoms with van der Waals surface area (Å²) in [5.74, 6) is -0.821. The third kappa shape index (κ3) is 1.46. The summed E-state index contributed by atoms with van der Waals surface area (Å²) in [6.45, 7) is 5.32. The Balaban J connectivity index is 1.87. The lowest BCUT2D eigenvalue weighted by molar-refractivity contribution is -0.140. The van der Waals surface area contributed by atoms with Gasteiger partial charge in [-0.25, -0.2) is 4.79 Å². The number of hydrogen-bond donors (Lipinski definition) is 2. The predicted molar refractivity (Wildman–Crippen MR) is 51.4 cm³/mol. The maximum absolute atomic E-state index is 11.4. The molecule has 2 fully saturated rings. The van der Waals surface area contributed by atoms with Gasteiger partial charge in [0, 0.05) is 0 Å². The Morgan fingerprint density at radius 3 is 2.20 bits per heavy atom. The highest BCUT2D eigenvalue weighted by molar-refractivity contribution is 5.90. The van der Waals surface area contributed by atoms with Crippen LogP contribution in [0.3, 0.4) is 0 Å². The van der Waals surface area contributed by atoms with E-state index in [1.165, 1.54) is 0 Å². The number of hydrogen-bond acceptors (Lipinski definition) is 3. The molecule has 5 nitrogen and oxygen atoms in total. The van der Waals surface area contributed by atoms with E-state index in [0.717, 1.165) is 0 Å². The topological polar surface area (TPSA) is 75.6 Å². The molecule has 1 amide bonds. The molecular weight excluding hydrogens is 198 g/mol. The molecule has 2 N–H and O–H groups in total. The molecule has 0 saturated heterocycles. The van der Waals surface area contributed by atoms with Gasteiger partial charge in [0.15, 0.2) is 0 Å². The van der Waals surface area contributed by atoms with Crippen molar-refractivity contribution in [2.75, 3.05) is 0 Å². The molecule has 0 aromatic rings. The average molecular weight is 213 g/mol. The van der Waals surface area contributed by atoms with Crippen LogP contribution in [-0.4, -0.2) is 28.3 Å². The molecule has 2 aliphatic rings. The minimum atomic E-state index is -0.821. The normalized spacial score (nSPS) is 36.5. The number of amides is 1. The molecule has 0 radical (unpaired) electrons. The van der Waals surface area contributed by atoms with Crippen LogP contribution in [0.5, 0.6) is 0 Å². The Labute approximate surface area is 87.8 Å². The lowest BCUT2D eigenvalue weighted by Gasteiger charge is -2.20. The monoisotopic (exact) mass is 213 g/mol. The summed E-state index contributed by atoms with van der Waals surface area (Å²) in [5.41, 5.74) is -1.72. The Morgan fingerprint density at radius 2 is 1.87 bits per heavy atom. The molecule has 2 aliphatic carbocycles. The van der Waals surface area contributed by atoms with Crippen LogP contribution in [0.15, 0.2) is 0 Å². The lowest BCUT2D eigenvalue weighted by atomic mass is 10.2. The first kappa shape index (κ1) is 10.3. The van der Waals surface area contributed by atoms with Gasteiger partial charge >= 0.3 is 12.1 Å². The van der Waals surface area contributed by atoms with Crippen molar-refractivity contribution in [2.45, 2.75) is 44.8 Å². The fourth-order valence-electron chi connectivity index (χ4n) is 1.95. The molecule has 0 aliphatic heterocycles. The summed E-state index contributed by atoms with van der Waals surface area (Å²) in [4.78, 5) is 22.2. The van der Waals surface area contributed by atoms with Gasteiger partial charge in [-0.3, -0.25) is 4.79 Å². The van der Waals surface area contributed by atoms with Crippen molar-refractivity contribution in [3.8, 4) is 0 Å². The lowest BCUT2D eigenvalue weighted by Crippen LogP contribution is -2.36. The first-order valence-corrected chi connectivity index (χ1v) is 4.95. The molecule has 0 unspecified atom stereocenters. The molecule has 2 rings (SSSR count). The molecule has 84 valence electrons. The number of aliphatic carboxylic acids is 1. The summed E-state index contributed by atoms with van der Waals surface area (Å²) in [6, 6.07) is 0. The van der Waals surface area contributed by atoms with E-state index in [9.17, 15) is 9.59 Å². The van der Waals surface area contributed by atoms with Crippen molar-refractivity contribution in [1.29, 1.82) is 0 Å². The molecule has 5 heteroatoms. The minimum Gasteiger partial charge on any atom is -0.481 e. The van der Waals surface area contributed by atoms with Crippen LogP contribution in [-0.2, 0) is 9.53 Å². The second kappa shape index (κ2) is 2.46. The van der Waals surface area contributed by atoms with Gasteiger partial charge in [0.2, 0.25) is 0 Å². The zero-order valence-electron chi connectivity index (χ0n) is 9.09. The Kier molecular flexibility index (Phi) is 1.68. The quantitative estimate of drug-likeness (QED) is 0.721. The molecule has 0 bridgehead atoms. The molecule has 15 heavy (non-hydrogen) atoms. The van der Waals surface area contributed by atoms with E-state index in [1.807, 2.05) is 0 Å². The molecule has 0 atom stereocenters. The van der Waals surface area contributed by atoms with Crippen LogP contribution in [0.1, 0.15) is 33.6 Å². The molecular formula is C10H15NO4. The predicted octanol–water partition coefficient (Wildman–Crippen LogP) is 1.13. The summed E-state index contributed by atoms with van der Waals surface area (Å²) in [5, 5.41) is 11.5. The van der Waals surface area contributed by atoms with E-state index >= 15 is 0 Å². The highest BCUT2D eigenvalue weighted by atomic mass is 16.6. The summed E-state index contributed by atoms with van der Waals surface area (Å²) in [7, 11) is 0. The van der Waals surface area contributed by atoms with Crippen LogP contribution in [0.4, 0.5) is 4.79 Å². The van der Waals surface area contributed by atoms with Crippen molar-refractivity contribution in [2.24, 2.45) is 5.41 Å². The highest BCUT2D eigenvalue weighted by Gasteiger charge is 2.89. The highest BCUT2D eigenvalue weighted by Crippen LogP contribution is 2.78. The Bertz CT molecular complexity index is 336. The van der Waals surface area contributed by atoms with E-state index < -0.39 is 28.6 Å². The summed E-state index contributed by atoms with van der Waals surface area (Å²) in [6.07, 6.45) is 0.548. The zero-order chi connectivity index (χ0) is 11.5. The van der Waals surface area contributed by atoms with Gasteiger partial charge in [-0.15, -0.1) is 0 Å². The number of nitrogens with one attached hydrogen (secondary N) is 1. The first-order valence-electron chi connectivity index (χ1n) is 4.95. The van der Waals surface area contributed by atoms with Crippen molar-refractivity contribution in [3.05, 3.63) is 0 Å². The van der Waals surface area contributed by atoms with Crippen molar-refractivity contribution in [1.82, 2.24) is 5.32 Å². The first-order chi connectivity index (χ1) is 6.71. The number of carbonyl (C=O) groups excluding carboxylic acids is 1. The number of rotatable bonds is 2. The number of carbonyl (C=O) groups is 2. The van der Waals surface area contributed by atoms with Crippen molar-refractivity contribution >= 4 is 12.1 Å². The molecule has 2 saturated carbocycles. The minimum absolute atomic E-state index is 0.499. The SMILES string of the molecule is CC(C)(C)OC(=O)NC12CC1(C(=O)O)C2. The fraction of sp³-hybridized carbons (Fsp3) is 0.800. The average Bonchev–Trinajstić information content (AvgIpc) is 2.67. The largest absolute Gasteiger partial charge is 0.481 e. The molecule has 0 heterocycles. The third-order valence-electron chi connectivity index (χ3n) is 3.02. The maximum Gasteiger partial charge on any atom is 0.408 e. The summed E-state index contributed by atoms with van der Waals surface area (Å²) >= 11 is 0. The molecule has 0 aromatic carbocycles. The molecule has 0 aromatic heterocycles. The van der Waals surface area contributed by atoms with Crippen molar-refractivity contribution < 1.29 is 19.4 Å².